The Morgan fingerprint density at radius 1 is 1.27 bits per heavy atom. The number of methoxy groups -OCH3 is 1. The molecule has 1 N–H and O–H groups in total. The Bertz CT molecular complexity index is 728. The first-order valence-electron chi connectivity index (χ1n) is 7.23. The number of rotatable bonds is 4. The van der Waals surface area contributed by atoms with Gasteiger partial charge in [0, 0.05) is 23.7 Å². The molecular formula is C17H22N2O3. The molecule has 1 aromatic carbocycles. The quantitative estimate of drug-likeness (QED) is 0.942. The number of carbonyl (C=O) groups excluding carboxylic acids is 1. The highest BCUT2D eigenvalue weighted by Crippen LogP contribution is 2.18. The van der Waals surface area contributed by atoms with Crippen LogP contribution in [0.15, 0.2) is 35.1 Å². The first-order chi connectivity index (χ1) is 10.3. The fraction of sp³-hybridized carbons (Fsp3) is 0.412. The van der Waals surface area contributed by atoms with E-state index in [0.29, 0.717) is 5.56 Å². The number of para-hydroxylation sites is 1. The highest BCUT2D eigenvalue weighted by atomic mass is 16.5. The van der Waals surface area contributed by atoms with Gasteiger partial charge < -0.3 is 14.6 Å². The third kappa shape index (κ3) is 3.54. The Kier molecular flexibility index (Phi) is 4.66. The van der Waals surface area contributed by atoms with Gasteiger partial charge in [0.1, 0.15) is 6.61 Å². The fourth-order valence-corrected chi connectivity index (χ4v) is 2.38. The molecule has 1 aromatic heterocycles. The third-order valence-corrected chi connectivity index (χ3v) is 3.54. The van der Waals surface area contributed by atoms with Crippen molar-refractivity contribution in [2.45, 2.75) is 32.9 Å². The van der Waals surface area contributed by atoms with Crippen LogP contribution in [0.25, 0.3) is 10.9 Å². The summed E-state index contributed by atoms with van der Waals surface area (Å²) in [6.45, 7) is 6.08. The van der Waals surface area contributed by atoms with Gasteiger partial charge >= 0.3 is 0 Å². The highest BCUT2D eigenvalue weighted by Gasteiger charge is 2.27. The van der Waals surface area contributed by atoms with E-state index in [0.717, 1.165) is 10.9 Å². The molecule has 0 saturated heterocycles. The number of nitrogens with zero attached hydrogens (tertiary/aromatic N) is 1. The van der Waals surface area contributed by atoms with E-state index in [1.165, 1.54) is 7.11 Å². The molecular weight excluding hydrogens is 280 g/mol. The number of fused-ring (bicyclic) bond motifs is 1. The van der Waals surface area contributed by atoms with Crippen LogP contribution in [0, 0.1) is 0 Å². The number of ether oxygens (including phenoxy) is 1. The fourth-order valence-electron chi connectivity index (χ4n) is 2.38. The second-order valence-corrected chi connectivity index (χ2v) is 6.29. The standard InChI is InChI=1S/C17H22N2O3/c1-17(2,3)19(15(20)11-22-4)10-13-9-12-7-5-6-8-14(12)18-16(13)21/h5-9H,10-11H2,1-4H3,(H,18,21). The minimum atomic E-state index is -0.395. The molecule has 0 aliphatic carbocycles. The Hall–Kier alpha value is -2.14. The van der Waals surface area contributed by atoms with Crippen molar-refractivity contribution < 1.29 is 9.53 Å². The van der Waals surface area contributed by atoms with Crippen molar-refractivity contribution in [3.63, 3.8) is 0 Å². The zero-order valence-corrected chi connectivity index (χ0v) is 13.5. The Labute approximate surface area is 129 Å². The number of hydrogen-bond acceptors (Lipinski definition) is 3. The number of aromatic nitrogens is 1. The lowest BCUT2D eigenvalue weighted by Gasteiger charge is -2.35. The first kappa shape index (κ1) is 16.2. The van der Waals surface area contributed by atoms with Gasteiger partial charge in [-0.15, -0.1) is 0 Å². The van der Waals surface area contributed by atoms with Crippen molar-refractivity contribution in [2.24, 2.45) is 0 Å². The van der Waals surface area contributed by atoms with Gasteiger partial charge in [-0.2, -0.15) is 0 Å². The van der Waals surface area contributed by atoms with Crippen molar-refractivity contribution in [2.75, 3.05) is 13.7 Å². The number of pyridine rings is 1. The lowest BCUT2D eigenvalue weighted by molar-refractivity contribution is -0.140. The number of benzene rings is 1. The van der Waals surface area contributed by atoms with E-state index >= 15 is 0 Å². The smallest absolute Gasteiger partial charge is 0.253 e. The number of aromatic amines is 1. The summed E-state index contributed by atoms with van der Waals surface area (Å²) in [6.07, 6.45) is 0. The van der Waals surface area contributed by atoms with Crippen LogP contribution in [0.1, 0.15) is 26.3 Å². The number of H-pyrrole nitrogens is 1. The van der Waals surface area contributed by atoms with E-state index in [1.807, 2.05) is 51.1 Å². The lowest BCUT2D eigenvalue weighted by atomic mass is 10.0. The van der Waals surface area contributed by atoms with Gasteiger partial charge in [0.2, 0.25) is 5.91 Å². The maximum Gasteiger partial charge on any atom is 0.253 e. The van der Waals surface area contributed by atoms with Gasteiger partial charge in [-0.3, -0.25) is 9.59 Å². The summed E-state index contributed by atoms with van der Waals surface area (Å²) in [5.74, 6) is -0.137. The highest BCUT2D eigenvalue weighted by molar-refractivity contribution is 5.80. The van der Waals surface area contributed by atoms with Gasteiger partial charge in [0.25, 0.3) is 5.56 Å². The molecule has 1 amide bonds. The predicted molar refractivity (Wildman–Crippen MR) is 86.7 cm³/mol. The van der Waals surface area contributed by atoms with Crippen LogP contribution in [-0.4, -0.2) is 35.0 Å². The summed E-state index contributed by atoms with van der Waals surface area (Å²) in [7, 11) is 1.49. The van der Waals surface area contributed by atoms with E-state index in [2.05, 4.69) is 4.98 Å². The van der Waals surface area contributed by atoms with Crippen LogP contribution >= 0.6 is 0 Å². The van der Waals surface area contributed by atoms with Crippen molar-refractivity contribution in [1.82, 2.24) is 9.88 Å². The van der Waals surface area contributed by atoms with Crippen molar-refractivity contribution in [3.8, 4) is 0 Å². The number of nitrogens with one attached hydrogen (secondary N) is 1. The Morgan fingerprint density at radius 3 is 2.59 bits per heavy atom. The molecule has 0 bridgehead atoms. The summed E-state index contributed by atoms with van der Waals surface area (Å²) in [5, 5.41) is 0.949. The summed E-state index contributed by atoms with van der Waals surface area (Å²) in [5.41, 5.74) is 0.797. The minimum absolute atomic E-state index is 0.00273. The molecule has 2 rings (SSSR count). The monoisotopic (exact) mass is 302 g/mol. The Balaban J connectivity index is 2.39. The largest absolute Gasteiger partial charge is 0.375 e. The molecule has 0 unspecified atom stereocenters. The molecule has 0 saturated carbocycles. The molecule has 0 atom stereocenters. The molecule has 118 valence electrons. The maximum atomic E-state index is 12.3. The van der Waals surface area contributed by atoms with Crippen LogP contribution < -0.4 is 5.56 Å². The first-order valence-corrected chi connectivity index (χ1v) is 7.23. The number of amides is 1. The van der Waals surface area contributed by atoms with E-state index in [9.17, 15) is 9.59 Å². The third-order valence-electron chi connectivity index (χ3n) is 3.54. The lowest BCUT2D eigenvalue weighted by Crippen LogP contribution is -2.47. The van der Waals surface area contributed by atoms with Gasteiger partial charge in [-0.25, -0.2) is 0 Å². The van der Waals surface area contributed by atoms with Crippen LogP contribution in [0.2, 0.25) is 0 Å². The average Bonchev–Trinajstić information content (AvgIpc) is 2.43. The predicted octanol–water partition coefficient (Wildman–Crippen LogP) is 2.30. The maximum absolute atomic E-state index is 12.3. The van der Waals surface area contributed by atoms with Crippen LogP contribution in [0.4, 0.5) is 0 Å². The van der Waals surface area contributed by atoms with Gasteiger partial charge in [0.05, 0.1) is 6.54 Å². The van der Waals surface area contributed by atoms with Crippen LogP contribution in [-0.2, 0) is 16.1 Å². The zero-order valence-electron chi connectivity index (χ0n) is 13.5. The SMILES string of the molecule is COCC(=O)N(Cc1cc2ccccc2[nH]c1=O)C(C)(C)C. The van der Waals surface area contributed by atoms with Crippen molar-refractivity contribution in [3.05, 3.63) is 46.2 Å². The Morgan fingerprint density at radius 2 is 1.95 bits per heavy atom. The van der Waals surface area contributed by atoms with E-state index in [1.54, 1.807) is 4.90 Å². The molecule has 0 radical (unpaired) electrons. The second-order valence-electron chi connectivity index (χ2n) is 6.29. The molecule has 5 nitrogen and oxygen atoms in total. The molecule has 1 heterocycles. The van der Waals surface area contributed by atoms with Crippen molar-refractivity contribution >= 4 is 16.8 Å². The van der Waals surface area contributed by atoms with E-state index < -0.39 is 5.54 Å². The second kappa shape index (κ2) is 6.32. The molecule has 0 spiro atoms. The van der Waals surface area contributed by atoms with Crippen LogP contribution in [0.3, 0.4) is 0 Å². The molecule has 0 aliphatic heterocycles. The zero-order chi connectivity index (χ0) is 16.3. The van der Waals surface area contributed by atoms with Crippen LogP contribution in [0.5, 0.6) is 0 Å². The topological polar surface area (TPSA) is 62.4 Å². The summed E-state index contributed by atoms with van der Waals surface area (Å²) in [4.78, 5) is 29.0. The molecule has 22 heavy (non-hydrogen) atoms. The van der Waals surface area contributed by atoms with Crippen molar-refractivity contribution in [1.29, 1.82) is 0 Å². The molecule has 0 aliphatic rings. The molecule has 0 fully saturated rings. The summed E-state index contributed by atoms with van der Waals surface area (Å²) in [6, 6.07) is 9.43. The van der Waals surface area contributed by atoms with Gasteiger partial charge in [0.15, 0.2) is 0 Å². The van der Waals surface area contributed by atoms with Gasteiger partial charge in [-0.05, 0) is 38.3 Å². The number of hydrogen-bond donors (Lipinski definition) is 1. The normalized spacial score (nSPS) is 11.6. The van der Waals surface area contributed by atoms with E-state index in [4.69, 9.17) is 4.74 Å². The average molecular weight is 302 g/mol. The molecule has 5 heteroatoms. The number of carbonyl (C=O) groups is 1. The van der Waals surface area contributed by atoms with Gasteiger partial charge in [-0.1, -0.05) is 18.2 Å². The minimum Gasteiger partial charge on any atom is -0.375 e. The summed E-state index contributed by atoms with van der Waals surface area (Å²) >= 11 is 0. The summed E-state index contributed by atoms with van der Waals surface area (Å²) < 4.78 is 4.94. The van der Waals surface area contributed by atoms with E-state index in [-0.39, 0.29) is 24.6 Å². The molecule has 2 aromatic rings.